The molecule has 1 aromatic rings. The van der Waals surface area contributed by atoms with Gasteiger partial charge in [-0.15, -0.1) is 0 Å². The maximum Gasteiger partial charge on any atom is 0.0718 e. The summed E-state index contributed by atoms with van der Waals surface area (Å²) in [6.07, 6.45) is 1.27. The van der Waals surface area contributed by atoms with Gasteiger partial charge in [0.25, 0.3) is 0 Å². The monoisotopic (exact) mass is 228 g/mol. The third kappa shape index (κ3) is 1.46. The molecule has 0 aromatic heterocycles. The van der Waals surface area contributed by atoms with E-state index in [1.165, 1.54) is 23.6 Å². The van der Waals surface area contributed by atoms with Gasteiger partial charge >= 0.3 is 0 Å². The van der Waals surface area contributed by atoms with Crippen molar-refractivity contribution in [3.8, 4) is 0 Å². The Bertz CT molecular complexity index is 437. The molecule has 17 heavy (non-hydrogen) atoms. The van der Waals surface area contributed by atoms with Crippen LogP contribution in [0.25, 0.3) is 0 Å². The van der Waals surface area contributed by atoms with E-state index >= 15 is 0 Å². The first-order valence-electron chi connectivity index (χ1n) is 6.54. The molecule has 4 rings (SSSR count). The molecule has 0 amide bonds. The van der Waals surface area contributed by atoms with Gasteiger partial charge in [-0.1, -0.05) is 24.3 Å². The van der Waals surface area contributed by atoms with Crippen molar-refractivity contribution < 1.29 is 0 Å². The maximum atomic E-state index is 3.70. The molecular weight excluding hydrogens is 210 g/mol. The van der Waals surface area contributed by atoms with Gasteiger partial charge in [-0.3, -0.25) is 0 Å². The molecule has 1 saturated carbocycles. The molecule has 3 heteroatoms. The molecule has 0 bridgehead atoms. The minimum absolute atomic E-state index is 0.345. The zero-order valence-corrected chi connectivity index (χ0v) is 9.92. The van der Waals surface area contributed by atoms with Gasteiger partial charge in [0.2, 0.25) is 0 Å². The topological polar surface area (TPSA) is 36.1 Å². The summed E-state index contributed by atoms with van der Waals surface area (Å²) in [5, 5.41) is 10.8. The van der Waals surface area contributed by atoms with Gasteiger partial charge in [-0.2, -0.15) is 0 Å². The van der Waals surface area contributed by atoms with Gasteiger partial charge in [0.15, 0.2) is 0 Å². The van der Waals surface area contributed by atoms with E-state index in [9.17, 15) is 0 Å². The van der Waals surface area contributed by atoms with Gasteiger partial charge in [0.1, 0.15) is 0 Å². The van der Waals surface area contributed by atoms with E-state index in [-0.39, 0.29) is 0 Å². The van der Waals surface area contributed by atoms with Gasteiger partial charge < -0.3 is 16.0 Å². The lowest BCUT2D eigenvalue weighted by molar-refractivity contribution is 0.376. The zero-order chi connectivity index (χ0) is 11.3. The third-order valence-electron chi connectivity index (χ3n) is 4.42. The summed E-state index contributed by atoms with van der Waals surface area (Å²) in [5.41, 5.74) is 3.24. The average molecular weight is 228 g/mol. The lowest BCUT2D eigenvalue weighted by Gasteiger charge is -2.27. The highest BCUT2D eigenvalue weighted by Crippen LogP contribution is 2.52. The largest absolute Gasteiger partial charge is 0.314 e. The Morgan fingerprint density at radius 3 is 3.00 bits per heavy atom. The Labute approximate surface area is 102 Å². The van der Waals surface area contributed by atoms with Crippen LogP contribution >= 0.6 is 0 Å². The van der Waals surface area contributed by atoms with E-state index in [1.807, 2.05) is 0 Å². The summed E-state index contributed by atoms with van der Waals surface area (Å²) in [6.45, 7) is 4.33. The molecule has 1 aliphatic carbocycles. The Kier molecular flexibility index (Phi) is 2.10. The molecule has 1 radical (unpaired) electrons. The molecular formula is C14H18N3. The number of rotatable bonds is 1. The number of benzene rings is 1. The van der Waals surface area contributed by atoms with Crippen LogP contribution in [0.1, 0.15) is 17.5 Å². The summed E-state index contributed by atoms with van der Waals surface area (Å²) < 4.78 is 0. The minimum Gasteiger partial charge on any atom is -0.314 e. The van der Waals surface area contributed by atoms with E-state index in [4.69, 9.17) is 0 Å². The van der Waals surface area contributed by atoms with Crippen LogP contribution < -0.4 is 16.0 Å². The molecule has 1 saturated heterocycles. The highest BCUT2D eigenvalue weighted by atomic mass is 15.2. The van der Waals surface area contributed by atoms with Crippen LogP contribution in [0.15, 0.2) is 24.3 Å². The van der Waals surface area contributed by atoms with E-state index in [2.05, 4.69) is 40.2 Å². The molecule has 1 spiro atoms. The number of hydrogen-bond acceptors (Lipinski definition) is 3. The SMILES string of the molecule is c1ccc2c(c1)CN[C]2C1CC12CNCCN2. The van der Waals surface area contributed by atoms with Crippen LogP contribution in [0.2, 0.25) is 0 Å². The molecule has 2 atom stereocenters. The van der Waals surface area contributed by atoms with Crippen LogP contribution in [0.4, 0.5) is 0 Å². The van der Waals surface area contributed by atoms with E-state index in [1.54, 1.807) is 0 Å². The van der Waals surface area contributed by atoms with Crippen molar-refractivity contribution in [1.82, 2.24) is 16.0 Å². The lowest BCUT2D eigenvalue weighted by atomic mass is 9.98. The quantitative estimate of drug-likeness (QED) is 0.659. The van der Waals surface area contributed by atoms with Crippen molar-refractivity contribution in [1.29, 1.82) is 0 Å². The Morgan fingerprint density at radius 2 is 2.12 bits per heavy atom. The van der Waals surface area contributed by atoms with Gasteiger partial charge in [0, 0.05) is 37.6 Å². The normalized spacial score (nSPS) is 36.1. The highest BCUT2D eigenvalue weighted by Gasteiger charge is 2.59. The van der Waals surface area contributed by atoms with Gasteiger partial charge in [-0.25, -0.2) is 0 Å². The number of piperazine rings is 1. The molecule has 3 aliphatic rings. The Hall–Kier alpha value is -0.900. The van der Waals surface area contributed by atoms with Crippen molar-refractivity contribution in [3.63, 3.8) is 0 Å². The highest BCUT2D eigenvalue weighted by molar-refractivity contribution is 5.47. The van der Waals surface area contributed by atoms with E-state index in [0.717, 1.165) is 26.2 Å². The van der Waals surface area contributed by atoms with Gasteiger partial charge in [-0.05, 0) is 17.5 Å². The maximum absolute atomic E-state index is 3.70. The lowest BCUT2D eigenvalue weighted by Crippen LogP contribution is -2.52. The number of nitrogens with one attached hydrogen (secondary N) is 3. The van der Waals surface area contributed by atoms with Gasteiger partial charge in [0.05, 0.1) is 6.04 Å². The standard InChI is InChI=1S/C14H18N3/c1-2-4-11-10(3-1)8-16-13(11)12-7-14(12)9-15-5-6-17-14/h1-4,12,15-17H,5-9H2. The summed E-state index contributed by atoms with van der Waals surface area (Å²) in [6, 6.07) is 10.2. The van der Waals surface area contributed by atoms with Crippen LogP contribution in [-0.4, -0.2) is 25.2 Å². The summed E-state index contributed by atoms with van der Waals surface area (Å²) in [7, 11) is 0. The fourth-order valence-electron chi connectivity index (χ4n) is 3.38. The number of hydrogen-bond donors (Lipinski definition) is 3. The van der Waals surface area contributed by atoms with E-state index in [0.29, 0.717) is 11.5 Å². The summed E-state index contributed by atoms with van der Waals surface area (Å²) in [5.74, 6) is 0.680. The number of fused-ring (bicyclic) bond motifs is 1. The second-order valence-corrected chi connectivity index (χ2v) is 5.44. The minimum atomic E-state index is 0.345. The van der Waals surface area contributed by atoms with Crippen LogP contribution in [-0.2, 0) is 6.54 Å². The fraction of sp³-hybridized carbons (Fsp3) is 0.500. The van der Waals surface area contributed by atoms with Crippen molar-refractivity contribution in [2.75, 3.05) is 19.6 Å². The predicted molar refractivity (Wildman–Crippen MR) is 67.3 cm³/mol. The zero-order valence-electron chi connectivity index (χ0n) is 9.92. The second kappa shape index (κ2) is 3.55. The first kappa shape index (κ1) is 10.1. The molecule has 2 unspecified atom stereocenters. The fourth-order valence-corrected chi connectivity index (χ4v) is 3.38. The molecule has 1 aromatic carbocycles. The molecule has 3 nitrogen and oxygen atoms in total. The molecule has 89 valence electrons. The molecule has 3 N–H and O–H groups in total. The van der Waals surface area contributed by atoms with Crippen LogP contribution in [0.5, 0.6) is 0 Å². The Morgan fingerprint density at radius 1 is 1.18 bits per heavy atom. The smallest absolute Gasteiger partial charge is 0.0718 e. The first-order chi connectivity index (χ1) is 8.39. The van der Waals surface area contributed by atoms with Crippen LogP contribution in [0, 0.1) is 12.0 Å². The summed E-state index contributed by atoms with van der Waals surface area (Å²) in [4.78, 5) is 0. The molecule has 2 heterocycles. The van der Waals surface area contributed by atoms with E-state index < -0.39 is 0 Å². The van der Waals surface area contributed by atoms with Crippen molar-refractivity contribution in [2.24, 2.45) is 5.92 Å². The first-order valence-corrected chi connectivity index (χ1v) is 6.54. The van der Waals surface area contributed by atoms with Crippen molar-refractivity contribution >= 4 is 0 Å². The summed E-state index contributed by atoms with van der Waals surface area (Å²) >= 11 is 0. The van der Waals surface area contributed by atoms with Crippen molar-refractivity contribution in [2.45, 2.75) is 18.5 Å². The second-order valence-electron chi connectivity index (χ2n) is 5.44. The third-order valence-corrected chi connectivity index (χ3v) is 4.42. The predicted octanol–water partition coefficient (Wildman–Crippen LogP) is 0.621. The Balaban J connectivity index is 1.59. The molecule has 2 aliphatic heterocycles. The average Bonchev–Trinajstić information content (AvgIpc) is 2.89. The molecule has 2 fully saturated rings. The van der Waals surface area contributed by atoms with Crippen LogP contribution in [0.3, 0.4) is 0 Å². The van der Waals surface area contributed by atoms with Crippen molar-refractivity contribution in [3.05, 3.63) is 41.4 Å².